The summed E-state index contributed by atoms with van der Waals surface area (Å²) in [6, 6.07) is 0. The van der Waals surface area contributed by atoms with Gasteiger partial charge in [-0.1, -0.05) is 12.2 Å². The van der Waals surface area contributed by atoms with Crippen molar-refractivity contribution in [3.63, 3.8) is 0 Å². The Bertz CT molecular complexity index is 404. The van der Waals surface area contributed by atoms with Gasteiger partial charge in [0.2, 0.25) is 11.8 Å². The summed E-state index contributed by atoms with van der Waals surface area (Å²) in [6.45, 7) is 1.49. The van der Waals surface area contributed by atoms with Crippen LogP contribution in [0.4, 0.5) is 0 Å². The zero-order valence-electron chi connectivity index (χ0n) is 8.19. The van der Waals surface area contributed by atoms with Gasteiger partial charge in [-0.05, 0) is 6.92 Å². The normalized spacial score (nSPS) is 51.1. The molecule has 0 unspecified atom stereocenters. The minimum absolute atomic E-state index is 0.277. The van der Waals surface area contributed by atoms with Crippen LogP contribution in [0.1, 0.15) is 6.92 Å². The number of ether oxygens (including phenoxy) is 1. The number of nitrogens with one attached hydrogen (secondary N) is 1. The Hall–Kier alpha value is -1.20. The molecule has 5 heteroatoms. The molecule has 0 aromatic carbocycles. The van der Waals surface area contributed by atoms with Crippen LogP contribution < -0.4 is 5.32 Å². The number of fused-ring (bicyclic) bond motifs is 5. The third kappa shape index (κ3) is 0.815. The fraction of sp³-hybridized carbons (Fsp3) is 0.600. The van der Waals surface area contributed by atoms with E-state index in [1.807, 2.05) is 0 Å². The van der Waals surface area contributed by atoms with E-state index in [1.165, 1.54) is 0 Å². The molecule has 0 aromatic heterocycles. The van der Waals surface area contributed by atoms with Crippen molar-refractivity contribution in [1.82, 2.24) is 5.32 Å². The summed E-state index contributed by atoms with van der Waals surface area (Å²) < 4.78 is 5.66. The fourth-order valence-corrected chi connectivity index (χ4v) is 2.98. The molecule has 0 saturated carbocycles. The third-order valence-corrected chi connectivity index (χ3v) is 3.64. The molecule has 15 heavy (non-hydrogen) atoms. The second-order valence-corrected chi connectivity index (χ2v) is 4.54. The van der Waals surface area contributed by atoms with Gasteiger partial charge < -0.3 is 9.84 Å². The summed E-state index contributed by atoms with van der Waals surface area (Å²) >= 11 is 0. The Morgan fingerprint density at radius 1 is 1.40 bits per heavy atom. The van der Waals surface area contributed by atoms with Crippen molar-refractivity contribution in [2.24, 2.45) is 11.8 Å². The number of aliphatic hydroxyl groups is 1. The van der Waals surface area contributed by atoms with Crippen molar-refractivity contribution in [2.45, 2.75) is 18.1 Å². The smallest absolute Gasteiger partial charge is 0.233 e. The van der Waals surface area contributed by atoms with E-state index in [2.05, 4.69) is 5.32 Å². The van der Waals surface area contributed by atoms with Crippen LogP contribution in [0.5, 0.6) is 0 Å². The predicted molar refractivity (Wildman–Crippen MR) is 48.6 cm³/mol. The van der Waals surface area contributed by atoms with E-state index in [-0.39, 0.29) is 18.4 Å². The Morgan fingerprint density at radius 3 is 2.73 bits per heavy atom. The Kier molecular flexibility index (Phi) is 1.39. The van der Waals surface area contributed by atoms with Crippen molar-refractivity contribution in [3.8, 4) is 0 Å². The molecule has 4 atom stereocenters. The van der Waals surface area contributed by atoms with Gasteiger partial charge in [0.15, 0.2) is 0 Å². The van der Waals surface area contributed by atoms with Gasteiger partial charge in [0.1, 0.15) is 5.60 Å². The quantitative estimate of drug-likeness (QED) is 0.427. The Labute approximate surface area is 86.1 Å². The number of carbonyl (C=O) groups excluding carboxylic acids is 2. The number of carbonyl (C=O) groups is 2. The second-order valence-electron chi connectivity index (χ2n) is 4.54. The summed E-state index contributed by atoms with van der Waals surface area (Å²) in [7, 11) is 0. The van der Waals surface area contributed by atoms with Crippen LogP contribution in [0.3, 0.4) is 0 Å². The van der Waals surface area contributed by atoms with Crippen LogP contribution >= 0.6 is 0 Å². The Balaban J connectivity index is 2.16. The highest BCUT2D eigenvalue weighted by atomic mass is 16.5. The minimum Gasteiger partial charge on any atom is -0.393 e. The summed E-state index contributed by atoms with van der Waals surface area (Å²) in [5, 5.41) is 11.6. The zero-order chi connectivity index (χ0) is 10.8. The molecule has 0 aliphatic carbocycles. The number of aliphatic hydroxyl groups excluding tert-OH is 1. The molecule has 2 fully saturated rings. The first kappa shape index (κ1) is 9.06. The first-order valence-electron chi connectivity index (χ1n) is 4.88. The molecule has 2 saturated heterocycles. The zero-order valence-corrected chi connectivity index (χ0v) is 8.19. The lowest BCUT2D eigenvalue weighted by molar-refractivity contribution is -0.134. The molecular weight excluding hydrogens is 198 g/mol. The first-order valence-corrected chi connectivity index (χ1v) is 4.88. The molecule has 3 aliphatic heterocycles. The molecule has 80 valence electrons. The molecule has 0 radical (unpaired) electrons. The maximum atomic E-state index is 11.6. The lowest BCUT2D eigenvalue weighted by Crippen LogP contribution is -2.42. The monoisotopic (exact) mass is 209 g/mol. The van der Waals surface area contributed by atoms with Crippen molar-refractivity contribution >= 4 is 11.8 Å². The van der Waals surface area contributed by atoms with E-state index >= 15 is 0 Å². The van der Waals surface area contributed by atoms with Gasteiger partial charge in [-0.15, -0.1) is 0 Å². The maximum absolute atomic E-state index is 11.6. The highest BCUT2D eigenvalue weighted by Crippen LogP contribution is 2.55. The molecule has 5 nitrogen and oxygen atoms in total. The number of hydrogen-bond donors (Lipinski definition) is 2. The van der Waals surface area contributed by atoms with E-state index < -0.39 is 23.0 Å². The second kappa shape index (κ2) is 2.31. The molecule has 3 heterocycles. The third-order valence-electron chi connectivity index (χ3n) is 3.64. The van der Waals surface area contributed by atoms with Crippen LogP contribution in [0, 0.1) is 11.8 Å². The van der Waals surface area contributed by atoms with Gasteiger partial charge >= 0.3 is 0 Å². The molecule has 3 aliphatic rings. The van der Waals surface area contributed by atoms with E-state index in [0.29, 0.717) is 0 Å². The molecular formula is C10H11NO4. The van der Waals surface area contributed by atoms with Gasteiger partial charge in [-0.25, -0.2) is 0 Å². The van der Waals surface area contributed by atoms with Crippen molar-refractivity contribution in [1.29, 1.82) is 0 Å². The van der Waals surface area contributed by atoms with Gasteiger partial charge in [0.05, 0.1) is 24.0 Å². The molecule has 2 amide bonds. The fourth-order valence-electron chi connectivity index (χ4n) is 2.98. The minimum atomic E-state index is -0.990. The Morgan fingerprint density at radius 2 is 2.07 bits per heavy atom. The van der Waals surface area contributed by atoms with Gasteiger partial charge in [0, 0.05) is 0 Å². The number of rotatable bonds is 1. The predicted octanol–water partition coefficient (Wildman–Crippen LogP) is -1.03. The SMILES string of the molecule is C[C@@]12C=C[C@@](CO)(O1)[C@@H]1C(=O)NC(=O)[C@@H]12. The van der Waals surface area contributed by atoms with Gasteiger partial charge in [-0.2, -0.15) is 0 Å². The molecule has 0 aromatic rings. The summed E-state index contributed by atoms with van der Waals surface area (Å²) in [6.07, 6.45) is 3.47. The van der Waals surface area contributed by atoms with Crippen LogP contribution in [0.15, 0.2) is 12.2 Å². The van der Waals surface area contributed by atoms with E-state index in [0.717, 1.165) is 0 Å². The van der Waals surface area contributed by atoms with Crippen molar-refractivity contribution < 1.29 is 19.4 Å². The lowest BCUT2D eigenvalue weighted by Gasteiger charge is -2.24. The molecule has 3 rings (SSSR count). The van der Waals surface area contributed by atoms with E-state index in [4.69, 9.17) is 4.74 Å². The largest absolute Gasteiger partial charge is 0.393 e. The van der Waals surface area contributed by atoms with Crippen LogP contribution in [0.25, 0.3) is 0 Å². The van der Waals surface area contributed by atoms with Gasteiger partial charge in [0.25, 0.3) is 0 Å². The van der Waals surface area contributed by atoms with Crippen molar-refractivity contribution in [3.05, 3.63) is 12.2 Å². The van der Waals surface area contributed by atoms with Gasteiger partial charge in [-0.3, -0.25) is 14.9 Å². The number of imide groups is 1. The average Bonchev–Trinajstić information content (AvgIpc) is 2.75. The highest BCUT2D eigenvalue weighted by molar-refractivity contribution is 6.07. The topological polar surface area (TPSA) is 75.6 Å². The molecule has 2 N–H and O–H groups in total. The maximum Gasteiger partial charge on any atom is 0.233 e. The standard InChI is InChI=1S/C10H11NO4/c1-9-2-3-10(4-12,15-9)6-5(9)7(13)11-8(6)14/h2-3,5-6,12H,4H2,1H3,(H,11,13,14)/t5-,6+,9+,10+/m1/s1. The van der Waals surface area contributed by atoms with Crippen LogP contribution in [-0.2, 0) is 14.3 Å². The molecule has 2 bridgehead atoms. The van der Waals surface area contributed by atoms with E-state index in [9.17, 15) is 14.7 Å². The average molecular weight is 209 g/mol. The lowest BCUT2D eigenvalue weighted by atomic mass is 9.73. The first-order chi connectivity index (χ1) is 7.02. The summed E-state index contributed by atoms with van der Waals surface area (Å²) in [5.74, 6) is -1.72. The van der Waals surface area contributed by atoms with E-state index in [1.54, 1.807) is 19.1 Å². The van der Waals surface area contributed by atoms with Crippen LogP contribution in [-0.4, -0.2) is 34.7 Å². The van der Waals surface area contributed by atoms with Crippen LogP contribution in [0.2, 0.25) is 0 Å². The molecule has 0 spiro atoms. The van der Waals surface area contributed by atoms with Crippen molar-refractivity contribution in [2.75, 3.05) is 6.61 Å². The summed E-state index contributed by atoms with van der Waals surface area (Å²) in [5.41, 5.74) is -1.74. The highest BCUT2D eigenvalue weighted by Gasteiger charge is 2.69. The number of hydrogen-bond acceptors (Lipinski definition) is 4. The summed E-state index contributed by atoms with van der Waals surface area (Å²) in [4.78, 5) is 23.2. The number of amides is 2.